The fourth-order valence-corrected chi connectivity index (χ4v) is 4.17. The summed E-state index contributed by atoms with van der Waals surface area (Å²) in [5.41, 5.74) is 3.61. The molecule has 0 atom stereocenters. The van der Waals surface area contributed by atoms with Crippen molar-refractivity contribution < 1.29 is 9.90 Å². The van der Waals surface area contributed by atoms with Crippen molar-refractivity contribution in [1.82, 2.24) is 14.8 Å². The first-order valence-corrected chi connectivity index (χ1v) is 11.4. The third-order valence-corrected chi connectivity index (χ3v) is 6.02. The summed E-state index contributed by atoms with van der Waals surface area (Å²) in [4.78, 5) is 12.6. The lowest BCUT2D eigenvalue weighted by molar-refractivity contribution is -0.113. The molecule has 4 aromatic rings. The maximum absolute atomic E-state index is 12.6. The van der Waals surface area contributed by atoms with Gasteiger partial charge in [0.2, 0.25) is 5.91 Å². The molecule has 0 radical (unpaired) electrons. The Bertz CT molecular complexity index is 1210. The number of aromatic hydroxyl groups is 1. The van der Waals surface area contributed by atoms with Gasteiger partial charge in [0.25, 0.3) is 0 Å². The van der Waals surface area contributed by atoms with E-state index in [1.54, 1.807) is 12.1 Å². The van der Waals surface area contributed by atoms with Gasteiger partial charge in [0.15, 0.2) is 11.0 Å². The zero-order valence-corrected chi connectivity index (χ0v) is 18.5. The molecule has 2 N–H and O–H groups in total. The van der Waals surface area contributed by atoms with Crippen LogP contribution in [0.3, 0.4) is 0 Å². The molecular formula is C25H24N4O2S. The van der Waals surface area contributed by atoms with E-state index >= 15 is 0 Å². The van der Waals surface area contributed by atoms with E-state index in [2.05, 4.69) is 22.4 Å². The smallest absolute Gasteiger partial charge is 0.234 e. The predicted molar refractivity (Wildman–Crippen MR) is 128 cm³/mol. The Balaban J connectivity index is 1.56. The lowest BCUT2D eigenvalue weighted by Gasteiger charge is -2.12. The number of benzene rings is 3. The molecule has 1 amide bonds. The van der Waals surface area contributed by atoms with Crippen LogP contribution in [0.4, 0.5) is 5.69 Å². The topological polar surface area (TPSA) is 80.0 Å². The average molecular weight is 445 g/mol. The Kier molecular flexibility index (Phi) is 6.87. The lowest BCUT2D eigenvalue weighted by Crippen LogP contribution is -2.16. The monoisotopic (exact) mass is 444 g/mol. The van der Waals surface area contributed by atoms with Crippen molar-refractivity contribution in [2.75, 3.05) is 11.1 Å². The number of hydrogen-bond donors (Lipinski definition) is 2. The number of rotatable bonds is 8. The molecule has 3 aromatic carbocycles. The molecule has 0 aliphatic rings. The number of hydrogen-bond acceptors (Lipinski definition) is 5. The second kappa shape index (κ2) is 10.2. The van der Waals surface area contributed by atoms with Crippen molar-refractivity contribution in [2.45, 2.75) is 25.0 Å². The number of phenolic OH excluding ortho intramolecular Hbond substituents is 1. The Labute approximate surface area is 191 Å². The lowest BCUT2D eigenvalue weighted by atomic mass is 10.1. The van der Waals surface area contributed by atoms with Crippen LogP contribution in [0.1, 0.15) is 18.1 Å². The highest BCUT2D eigenvalue weighted by atomic mass is 32.2. The van der Waals surface area contributed by atoms with E-state index in [1.807, 2.05) is 71.3 Å². The summed E-state index contributed by atoms with van der Waals surface area (Å²) >= 11 is 1.32. The van der Waals surface area contributed by atoms with Gasteiger partial charge in [-0.25, -0.2) is 0 Å². The molecule has 4 rings (SSSR count). The van der Waals surface area contributed by atoms with Crippen molar-refractivity contribution in [1.29, 1.82) is 0 Å². The second-order valence-electron chi connectivity index (χ2n) is 7.24. The fraction of sp³-hybridized carbons (Fsp3) is 0.160. The molecule has 1 heterocycles. The minimum absolute atomic E-state index is 0.103. The molecule has 7 heteroatoms. The fourth-order valence-electron chi connectivity index (χ4n) is 3.43. The second-order valence-corrected chi connectivity index (χ2v) is 8.19. The quantitative estimate of drug-likeness (QED) is 0.374. The summed E-state index contributed by atoms with van der Waals surface area (Å²) in [6, 6.07) is 24.8. The van der Waals surface area contributed by atoms with Crippen molar-refractivity contribution in [3.8, 4) is 17.1 Å². The van der Waals surface area contributed by atoms with E-state index in [0.717, 1.165) is 23.2 Å². The highest BCUT2D eigenvalue weighted by Gasteiger charge is 2.18. The summed E-state index contributed by atoms with van der Waals surface area (Å²) < 4.78 is 1.93. The minimum Gasteiger partial charge on any atom is -0.507 e. The first-order chi connectivity index (χ1) is 15.7. The van der Waals surface area contributed by atoms with Gasteiger partial charge in [-0.1, -0.05) is 79.3 Å². The number of aromatic nitrogens is 3. The van der Waals surface area contributed by atoms with Crippen LogP contribution < -0.4 is 5.32 Å². The first-order valence-electron chi connectivity index (χ1n) is 10.4. The van der Waals surface area contributed by atoms with Gasteiger partial charge in [0.05, 0.1) is 17.9 Å². The Morgan fingerprint density at radius 1 is 0.969 bits per heavy atom. The van der Waals surface area contributed by atoms with E-state index < -0.39 is 0 Å². The van der Waals surface area contributed by atoms with Gasteiger partial charge < -0.3 is 10.4 Å². The van der Waals surface area contributed by atoms with E-state index in [4.69, 9.17) is 0 Å². The molecule has 0 saturated carbocycles. The van der Waals surface area contributed by atoms with Gasteiger partial charge in [0.1, 0.15) is 5.75 Å². The van der Waals surface area contributed by atoms with E-state index in [0.29, 0.717) is 23.1 Å². The number of para-hydroxylation sites is 2. The third-order valence-electron chi connectivity index (χ3n) is 5.05. The number of carbonyl (C=O) groups excluding carboxylic acids is 1. The number of thioether (sulfide) groups is 1. The van der Waals surface area contributed by atoms with Crippen molar-refractivity contribution in [3.63, 3.8) is 0 Å². The maximum Gasteiger partial charge on any atom is 0.234 e. The normalized spacial score (nSPS) is 10.8. The van der Waals surface area contributed by atoms with Crippen LogP contribution >= 0.6 is 11.8 Å². The highest BCUT2D eigenvalue weighted by molar-refractivity contribution is 7.99. The molecule has 0 saturated heterocycles. The number of nitrogens with one attached hydrogen (secondary N) is 1. The van der Waals surface area contributed by atoms with Crippen LogP contribution in [0, 0.1) is 0 Å². The summed E-state index contributed by atoms with van der Waals surface area (Å²) in [5, 5.41) is 22.6. The SMILES string of the molecule is CCc1ccccc1NC(=O)CSc1nnc(-c2ccccc2O)n1Cc1ccccc1. The summed E-state index contributed by atoms with van der Waals surface area (Å²) in [7, 11) is 0. The van der Waals surface area contributed by atoms with E-state index in [9.17, 15) is 9.90 Å². The van der Waals surface area contributed by atoms with Gasteiger partial charge in [0, 0.05) is 5.69 Å². The highest BCUT2D eigenvalue weighted by Crippen LogP contribution is 2.31. The minimum atomic E-state index is -0.103. The van der Waals surface area contributed by atoms with Gasteiger partial charge >= 0.3 is 0 Å². The van der Waals surface area contributed by atoms with Crippen molar-refractivity contribution in [2.24, 2.45) is 0 Å². The Morgan fingerprint density at radius 2 is 1.69 bits per heavy atom. The largest absolute Gasteiger partial charge is 0.507 e. The molecule has 162 valence electrons. The van der Waals surface area contributed by atoms with Gasteiger partial charge in [-0.2, -0.15) is 0 Å². The average Bonchev–Trinajstić information content (AvgIpc) is 3.21. The number of aryl methyl sites for hydroxylation is 1. The summed E-state index contributed by atoms with van der Waals surface area (Å²) in [6.07, 6.45) is 0.846. The maximum atomic E-state index is 12.6. The molecular weight excluding hydrogens is 420 g/mol. The molecule has 0 fully saturated rings. The standard InChI is InChI=1S/C25H24N4O2S/c1-2-19-12-6-8-14-21(19)26-23(31)17-32-25-28-27-24(20-13-7-9-15-22(20)30)29(25)16-18-10-4-3-5-11-18/h3-15,30H,2,16-17H2,1H3,(H,26,31). The molecule has 0 unspecified atom stereocenters. The summed E-state index contributed by atoms with van der Waals surface area (Å²) in [5.74, 6) is 0.797. The van der Waals surface area contributed by atoms with Gasteiger partial charge in [-0.3, -0.25) is 9.36 Å². The molecule has 0 aliphatic heterocycles. The van der Waals surface area contributed by atoms with Gasteiger partial charge in [-0.15, -0.1) is 10.2 Å². The number of anilines is 1. The first kappa shape index (κ1) is 21.6. The molecule has 6 nitrogen and oxygen atoms in total. The van der Waals surface area contributed by atoms with Crippen LogP contribution in [-0.2, 0) is 17.8 Å². The van der Waals surface area contributed by atoms with Gasteiger partial charge in [-0.05, 0) is 35.7 Å². The van der Waals surface area contributed by atoms with Crippen LogP contribution in [0.5, 0.6) is 5.75 Å². The molecule has 0 aliphatic carbocycles. The van der Waals surface area contributed by atoms with Crippen LogP contribution in [0.25, 0.3) is 11.4 Å². The Morgan fingerprint density at radius 3 is 2.47 bits per heavy atom. The van der Waals surface area contributed by atoms with Crippen LogP contribution in [-0.4, -0.2) is 31.5 Å². The predicted octanol–water partition coefficient (Wildman–Crippen LogP) is 4.99. The van der Waals surface area contributed by atoms with Crippen molar-refractivity contribution >= 4 is 23.4 Å². The Hall–Kier alpha value is -3.58. The molecule has 1 aromatic heterocycles. The zero-order valence-electron chi connectivity index (χ0n) is 17.7. The van der Waals surface area contributed by atoms with E-state index in [-0.39, 0.29) is 17.4 Å². The molecule has 32 heavy (non-hydrogen) atoms. The molecule has 0 spiro atoms. The number of carbonyl (C=O) groups is 1. The number of amides is 1. The van der Waals surface area contributed by atoms with E-state index in [1.165, 1.54) is 11.8 Å². The van der Waals surface area contributed by atoms with Crippen LogP contribution in [0.2, 0.25) is 0 Å². The van der Waals surface area contributed by atoms with Crippen LogP contribution in [0.15, 0.2) is 84.0 Å². The zero-order chi connectivity index (χ0) is 22.3. The van der Waals surface area contributed by atoms with Crippen molar-refractivity contribution in [3.05, 3.63) is 90.0 Å². The molecule has 0 bridgehead atoms. The number of nitrogens with zero attached hydrogens (tertiary/aromatic N) is 3. The third kappa shape index (κ3) is 5.00. The number of phenols is 1. The summed E-state index contributed by atoms with van der Waals surface area (Å²) in [6.45, 7) is 2.59.